The van der Waals surface area contributed by atoms with Crippen molar-refractivity contribution in [3.8, 4) is 0 Å². The zero-order valence-corrected chi connectivity index (χ0v) is 11.1. The van der Waals surface area contributed by atoms with Gasteiger partial charge < -0.3 is 13.8 Å². The largest absolute Gasteiger partial charge is 0.448 e. The highest BCUT2D eigenvalue weighted by atomic mass is 35.5. The number of nitrogens with zero attached hydrogens (tertiary/aromatic N) is 1. The summed E-state index contributed by atoms with van der Waals surface area (Å²) in [5.74, 6) is 0. The van der Waals surface area contributed by atoms with Gasteiger partial charge in [-0.25, -0.2) is 4.79 Å². The zero-order chi connectivity index (χ0) is 12.6. The van der Waals surface area contributed by atoms with Crippen molar-refractivity contribution in [2.75, 3.05) is 19.8 Å². The van der Waals surface area contributed by atoms with Crippen LogP contribution in [0.3, 0.4) is 0 Å². The first-order valence-corrected chi connectivity index (χ1v) is 6.72. The first kappa shape index (κ1) is 15.6. The molecule has 0 radical (unpaired) electrons. The van der Waals surface area contributed by atoms with Crippen LogP contribution in [-0.4, -0.2) is 30.8 Å². The van der Waals surface area contributed by atoms with Crippen LogP contribution in [0.2, 0.25) is 0 Å². The van der Waals surface area contributed by atoms with Gasteiger partial charge in [-0.05, 0) is 20.8 Å². The smallest absolute Gasteiger partial charge is 0.435 e. The maximum Gasteiger partial charge on any atom is 0.435 e. The molecule has 0 atom stereocenters. The first-order chi connectivity index (χ1) is 7.50. The van der Waals surface area contributed by atoms with Crippen LogP contribution < -0.4 is 0 Å². The van der Waals surface area contributed by atoms with Crippen molar-refractivity contribution in [2.24, 2.45) is 4.99 Å². The number of rotatable bonds is 6. The van der Waals surface area contributed by atoms with Crippen molar-refractivity contribution in [3.05, 3.63) is 0 Å². The number of carbonyl (C=O) groups excluding carboxylic acids is 1. The number of hydrogen-bond acceptors (Lipinski definition) is 5. The lowest BCUT2D eigenvalue weighted by Crippen LogP contribution is -2.06. The third-order valence-electron chi connectivity index (χ3n) is 1.28. The number of ether oxygens (including phenoxy) is 1. The van der Waals surface area contributed by atoms with Gasteiger partial charge >= 0.3 is 13.7 Å². The number of aliphatic imine (C=N–C) groups is 1. The van der Waals surface area contributed by atoms with E-state index in [9.17, 15) is 9.36 Å². The Morgan fingerprint density at radius 3 is 2.06 bits per heavy atom. The fraction of sp³-hybridized carbons (Fsp3) is 0.750. The molecule has 0 saturated heterocycles. The van der Waals surface area contributed by atoms with Gasteiger partial charge in [-0.2, -0.15) is 4.99 Å². The van der Waals surface area contributed by atoms with Crippen LogP contribution in [0.4, 0.5) is 4.79 Å². The molecule has 0 aliphatic heterocycles. The molecule has 0 aromatic carbocycles. The van der Waals surface area contributed by atoms with Crippen molar-refractivity contribution in [1.82, 2.24) is 0 Å². The Bertz CT molecular complexity index is 297. The molecule has 0 aromatic heterocycles. The number of halogens is 1. The van der Waals surface area contributed by atoms with E-state index in [1.54, 1.807) is 20.8 Å². The highest BCUT2D eigenvalue weighted by Crippen LogP contribution is 2.51. The summed E-state index contributed by atoms with van der Waals surface area (Å²) in [6, 6.07) is 0. The zero-order valence-electron chi connectivity index (χ0n) is 9.43. The van der Waals surface area contributed by atoms with E-state index in [1.165, 1.54) is 0 Å². The highest BCUT2D eigenvalue weighted by Gasteiger charge is 2.31. The number of amides is 1. The van der Waals surface area contributed by atoms with E-state index >= 15 is 0 Å². The maximum atomic E-state index is 11.9. The fourth-order valence-corrected chi connectivity index (χ4v) is 2.31. The second kappa shape index (κ2) is 7.79. The van der Waals surface area contributed by atoms with Crippen LogP contribution >= 0.6 is 19.2 Å². The van der Waals surface area contributed by atoms with Crippen LogP contribution in [0.25, 0.3) is 0 Å². The predicted octanol–water partition coefficient (Wildman–Crippen LogP) is 3.00. The Balaban J connectivity index is 4.79. The van der Waals surface area contributed by atoms with E-state index in [0.717, 1.165) is 0 Å². The van der Waals surface area contributed by atoms with Crippen molar-refractivity contribution in [3.63, 3.8) is 0 Å². The lowest BCUT2D eigenvalue weighted by atomic mass is 10.9. The summed E-state index contributed by atoms with van der Waals surface area (Å²) in [5, 5.41) is 0. The van der Waals surface area contributed by atoms with Gasteiger partial charge in [-0.1, -0.05) is 11.6 Å². The van der Waals surface area contributed by atoms with Crippen molar-refractivity contribution >= 4 is 30.2 Å². The predicted molar refractivity (Wildman–Crippen MR) is 61.2 cm³/mol. The maximum absolute atomic E-state index is 11.9. The molecule has 0 N–H and O–H groups in total. The minimum absolute atomic E-state index is 0.131. The van der Waals surface area contributed by atoms with Gasteiger partial charge in [0.1, 0.15) is 0 Å². The Hall–Kier alpha value is -0.420. The molecule has 0 aromatic rings. The molecular weight excluding hydrogens is 257 g/mol. The molecule has 0 heterocycles. The van der Waals surface area contributed by atoms with E-state index in [4.69, 9.17) is 20.6 Å². The topological polar surface area (TPSA) is 74.2 Å². The molecule has 0 fully saturated rings. The third kappa shape index (κ3) is 5.07. The van der Waals surface area contributed by atoms with Gasteiger partial charge in [0.25, 0.3) is 0 Å². The van der Waals surface area contributed by atoms with Crippen molar-refractivity contribution in [2.45, 2.75) is 20.8 Å². The molecule has 16 heavy (non-hydrogen) atoms. The fourth-order valence-electron chi connectivity index (χ4n) is 0.776. The van der Waals surface area contributed by atoms with E-state index in [1.807, 2.05) is 0 Å². The van der Waals surface area contributed by atoms with E-state index in [2.05, 4.69) is 9.73 Å². The Labute approximate surface area is 99.5 Å². The minimum atomic E-state index is -3.67. The Morgan fingerprint density at radius 1 is 1.19 bits per heavy atom. The summed E-state index contributed by atoms with van der Waals surface area (Å²) in [6.45, 7) is 5.28. The van der Waals surface area contributed by atoms with Crippen molar-refractivity contribution in [1.29, 1.82) is 0 Å². The monoisotopic (exact) mass is 271 g/mol. The number of carbonyl (C=O) groups is 1. The van der Waals surface area contributed by atoms with Crippen LogP contribution in [0, 0.1) is 0 Å². The second-order valence-corrected chi connectivity index (χ2v) is 4.97. The Kier molecular flexibility index (Phi) is 7.58. The number of hydrogen-bond donors (Lipinski definition) is 0. The highest BCUT2D eigenvalue weighted by molar-refractivity contribution is 7.77. The van der Waals surface area contributed by atoms with E-state index in [0.29, 0.717) is 0 Å². The molecule has 0 saturated carbocycles. The molecule has 0 bridgehead atoms. The molecule has 0 rings (SSSR count). The SMILES string of the molecule is CCOC(=O)N=C(Cl)P(=O)(OCC)OCC. The molecule has 94 valence electrons. The molecule has 1 amide bonds. The first-order valence-electron chi connectivity index (χ1n) is 4.80. The quantitative estimate of drug-likeness (QED) is 0.548. The molecule has 6 nitrogen and oxygen atoms in total. The standard InChI is InChI=1S/C8H15ClNO5P/c1-4-13-8(11)10-7(9)16(12,14-5-2)15-6-3/h4-6H2,1-3H3. The van der Waals surface area contributed by atoms with Gasteiger partial charge in [0.05, 0.1) is 19.8 Å². The summed E-state index contributed by atoms with van der Waals surface area (Å²) in [4.78, 5) is 13.7. The van der Waals surface area contributed by atoms with Crippen LogP contribution in [-0.2, 0) is 18.3 Å². The lowest BCUT2D eigenvalue weighted by Gasteiger charge is -2.14. The second-order valence-electron chi connectivity index (χ2n) is 2.41. The Morgan fingerprint density at radius 2 is 1.69 bits per heavy atom. The summed E-state index contributed by atoms with van der Waals surface area (Å²) >= 11 is 5.61. The van der Waals surface area contributed by atoms with Crippen molar-refractivity contribution < 1.29 is 23.1 Å². The normalized spacial score (nSPS) is 12.6. The van der Waals surface area contributed by atoms with Gasteiger partial charge in [-0.15, -0.1) is 0 Å². The van der Waals surface area contributed by atoms with Crippen LogP contribution in [0.15, 0.2) is 4.99 Å². The molecular formula is C8H15ClNO5P. The summed E-state index contributed by atoms with van der Waals surface area (Å²) in [6.07, 6.45) is -0.924. The van der Waals surface area contributed by atoms with E-state index < -0.39 is 18.6 Å². The van der Waals surface area contributed by atoms with E-state index in [-0.39, 0.29) is 19.8 Å². The van der Waals surface area contributed by atoms with Gasteiger partial charge in [-0.3, -0.25) is 4.57 Å². The molecule has 8 heteroatoms. The average molecular weight is 272 g/mol. The van der Waals surface area contributed by atoms with Gasteiger partial charge in [0.2, 0.25) is 4.91 Å². The summed E-state index contributed by atoms with van der Waals surface area (Å²) in [5.41, 5.74) is 0. The minimum Gasteiger partial charge on any atom is -0.448 e. The summed E-state index contributed by atoms with van der Waals surface area (Å²) < 4.78 is 26.2. The third-order valence-corrected chi connectivity index (χ3v) is 3.73. The van der Waals surface area contributed by atoms with Crippen LogP contribution in [0.1, 0.15) is 20.8 Å². The molecule has 0 spiro atoms. The molecule has 0 aliphatic rings. The molecule has 0 aliphatic carbocycles. The lowest BCUT2D eigenvalue weighted by molar-refractivity contribution is 0.163. The summed E-state index contributed by atoms with van der Waals surface area (Å²) in [7, 11) is -3.67. The molecule has 0 unspecified atom stereocenters. The average Bonchev–Trinajstić information content (AvgIpc) is 2.18. The van der Waals surface area contributed by atoms with Gasteiger partial charge in [0.15, 0.2) is 0 Å². The van der Waals surface area contributed by atoms with Crippen LogP contribution in [0.5, 0.6) is 0 Å². The van der Waals surface area contributed by atoms with Gasteiger partial charge in [0, 0.05) is 0 Å².